The summed E-state index contributed by atoms with van der Waals surface area (Å²) in [6.07, 6.45) is 1.64. The quantitative estimate of drug-likeness (QED) is 0.486. The molecule has 0 bridgehead atoms. The predicted molar refractivity (Wildman–Crippen MR) is 105 cm³/mol. The highest BCUT2D eigenvalue weighted by atomic mass is 35.5. The summed E-state index contributed by atoms with van der Waals surface area (Å²) in [7, 11) is 0. The number of carboxylic acids is 1. The molecular weight excluding hydrogens is 380 g/mol. The van der Waals surface area contributed by atoms with Crippen LogP contribution in [0, 0.1) is 0 Å². The topological polar surface area (TPSA) is 118 Å². The molecule has 2 aromatic carbocycles. The minimum Gasteiger partial charge on any atom is -0.478 e. The Bertz CT molecular complexity index is 1200. The molecule has 9 heteroatoms. The van der Waals surface area contributed by atoms with Gasteiger partial charge in [-0.25, -0.2) is 14.3 Å². The van der Waals surface area contributed by atoms with E-state index in [1.54, 1.807) is 35.0 Å². The maximum Gasteiger partial charge on any atom is 0.335 e. The van der Waals surface area contributed by atoms with Crippen LogP contribution in [-0.2, 0) is 0 Å². The van der Waals surface area contributed by atoms with Crippen LogP contribution in [0.2, 0.25) is 5.02 Å². The van der Waals surface area contributed by atoms with E-state index in [2.05, 4.69) is 20.3 Å². The average molecular weight is 393 g/mol. The van der Waals surface area contributed by atoms with Gasteiger partial charge in [-0.15, -0.1) is 10.2 Å². The number of aromatic carboxylic acids is 1. The van der Waals surface area contributed by atoms with Crippen LogP contribution in [-0.4, -0.2) is 25.7 Å². The number of anilines is 1. The van der Waals surface area contributed by atoms with E-state index in [0.29, 0.717) is 22.0 Å². The summed E-state index contributed by atoms with van der Waals surface area (Å²) in [5.41, 5.74) is 9.14. The van der Waals surface area contributed by atoms with Crippen LogP contribution in [0.4, 0.5) is 17.2 Å². The molecule has 2 heterocycles. The van der Waals surface area contributed by atoms with Gasteiger partial charge in [-0.3, -0.25) is 0 Å². The Hall–Kier alpha value is -3.78. The summed E-state index contributed by atoms with van der Waals surface area (Å²) < 4.78 is 1.60. The monoisotopic (exact) mass is 392 g/mol. The summed E-state index contributed by atoms with van der Waals surface area (Å²) in [5, 5.41) is 22.2. The zero-order valence-electron chi connectivity index (χ0n) is 14.3. The number of benzene rings is 2. The van der Waals surface area contributed by atoms with E-state index in [0.717, 1.165) is 11.3 Å². The van der Waals surface area contributed by atoms with Gasteiger partial charge in [0, 0.05) is 16.8 Å². The number of carboxylic acid groups (broad SMARTS) is 1. The molecule has 4 aromatic rings. The van der Waals surface area contributed by atoms with E-state index in [1.165, 1.54) is 12.1 Å². The van der Waals surface area contributed by atoms with Crippen molar-refractivity contribution in [2.24, 2.45) is 10.2 Å². The van der Waals surface area contributed by atoms with Crippen molar-refractivity contribution in [1.82, 2.24) is 14.6 Å². The largest absolute Gasteiger partial charge is 0.478 e. The second-order valence-electron chi connectivity index (χ2n) is 5.86. The Labute approximate surface area is 163 Å². The SMILES string of the molecule is Nc1nn2c(-c3ccc(Cl)cc3)ccnc2c1N=Nc1ccc(C(=O)O)cc1. The summed E-state index contributed by atoms with van der Waals surface area (Å²) >= 11 is 5.96. The van der Waals surface area contributed by atoms with E-state index in [4.69, 9.17) is 22.4 Å². The molecule has 0 fully saturated rings. The lowest BCUT2D eigenvalue weighted by atomic mass is 10.1. The molecule has 0 atom stereocenters. The number of aromatic nitrogens is 3. The van der Waals surface area contributed by atoms with Crippen LogP contribution in [0.5, 0.6) is 0 Å². The predicted octanol–water partition coefficient (Wildman–Crippen LogP) is 4.75. The number of nitrogens with zero attached hydrogens (tertiary/aromatic N) is 5. The molecule has 138 valence electrons. The normalized spacial score (nSPS) is 11.3. The third-order valence-electron chi connectivity index (χ3n) is 4.04. The molecule has 2 aromatic heterocycles. The number of azo groups is 1. The minimum atomic E-state index is -1.01. The van der Waals surface area contributed by atoms with Crippen molar-refractivity contribution >= 4 is 40.4 Å². The number of nitrogen functional groups attached to an aromatic ring is 1. The molecule has 0 aliphatic carbocycles. The smallest absolute Gasteiger partial charge is 0.335 e. The Morgan fingerprint density at radius 3 is 2.43 bits per heavy atom. The fourth-order valence-corrected chi connectivity index (χ4v) is 2.79. The maximum atomic E-state index is 10.9. The summed E-state index contributed by atoms with van der Waals surface area (Å²) in [5.74, 6) is -0.825. The number of hydrogen-bond acceptors (Lipinski definition) is 6. The van der Waals surface area contributed by atoms with E-state index >= 15 is 0 Å². The molecule has 0 saturated carbocycles. The van der Waals surface area contributed by atoms with Crippen LogP contribution < -0.4 is 5.73 Å². The van der Waals surface area contributed by atoms with E-state index in [-0.39, 0.29) is 11.4 Å². The van der Waals surface area contributed by atoms with Gasteiger partial charge >= 0.3 is 5.97 Å². The van der Waals surface area contributed by atoms with Crippen LogP contribution >= 0.6 is 11.6 Å². The van der Waals surface area contributed by atoms with Gasteiger partial charge in [0.05, 0.1) is 16.9 Å². The summed E-state index contributed by atoms with van der Waals surface area (Å²) in [6, 6.07) is 15.2. The van der Waals surface area contributed by atoms with Crippen LogP contribution in [0.15, 0.2) is 71.0 Å². The van der Waals surface area contributed by atoms with Crippen molar-refractivity contribution in [2.75, 3.05) is 5.73 Å². The maximum absolute atomic E-state index is 10.9. The first-order chi connectivity index (χ1) is 13.5. The van der Waals surface area contributed by atoms with Crippen LogP contribution in [0.3, 0.4) is 0 Å². The number of hydrogen-bond donors (Lipinski definition) is 2. The Morgan fingerprint density at radius 2 is 1.75 bits per heavy atom. The molecule has 28 heavy (non-hydrogen) atoms. The van der Waals surface area contributed by atoms with Gasteiger partial charge in [-0.1, -0.05) is 23.7 Å². The van der Waals surface area contributed by atoms with Gasteiger partial charge in [0.15, 0.2) is 17.2 Å². The lowest BCUT2D eigenvalue weighted by Gasteiger charge is -2.04. The molecule has 4 rings (SSSR count). The van der Waals surface area contributed by atoms with Gasteiger partial charge in [-0.2, -0.15) is 5.11 Å². The average Bonchev–Trinajstić information content (AvgIpc) is 3.02. The Balaban J connectivity index is 1.74. The molecule has 0 amide bonds. The second kappa shape index (κ2) is 7.09. The fraction of sp³-hybridized carbons (Fsp3) is 0. The summed E-state index contributed by atoms with van der Waals surface area (Å²) in [6.45, 7) is 0. The Kier molecular flexibility index (Phi) is 4.46. The number of fused-ring (bicyclic) bond motifs is 1. The standard InChI is InChI=1S/C19H13ClN6O2/c20-13-5-1-11(2-6-13)15-9-10-22-18-16(17(21)25-26(15)18)24-23-14-7-3-12(4-8-14)19(27)28/h1-10H,(H2,21,25)(H,27,28). The van der Waals surface area contributed by atoms with E-state index in [1.807, 2.05) is 18.2 Å². The summed E-state index contributed by atoms with van der Waals surface area (Å²) in [4.78, 5) is 15.2. The Morgan fingerprint density at radius 1 is 1.04 bits per heavy atom. The van der Waals surface area contributed by atoms with Crippen molar-refractivity contribution < 1.29 is 9.90 Å². The highest BCUT2D eigenvalue weighted by Crippen LogP contribution is 2.31. The number of halogens is 1. The third-order valence-corrected chi connectivity index (χ3v) is 4.29. The highest BCUT2D eigenvalue weighted by molar-refractivity contribution is 6.30. The molecule has 8 nitrogen and oxygen atoms in total. The zero-order valence-corrected chi connectivity index (χ0v) is 15.1. The molecule has 0 radical (unpaired) electrons. The second-order valence-corrected chi connectivity index (χ2v) is 6.29. The van der Waals surface area contributed by atoms with E-state index < -0.39 is 5.97 Å². The number of carbonyl (C=O) groups is 1. The highest BCUT2D eigenvalue weighted by Gasteiger charge is 2.14. The van der Waals surface area contributed by atoms with Crippen LogP contribution in [0.25, 0.3) is 16.9 Å². The minimum absolute atomic E-state index is 0.170. The molecule has 0 aliphatic heterocycles. The first-order valence-corrected chi connectivity index (χ1v) is 8.55. The first kappa shape index (κ1) is 17.6. The lowest BCUT2D eigenvalue weighted by Crippen LogP contribution is -1.96. The van der Waals surface area contributed by atoms with Gasteiger partial charge in [-0.05, 0) is 42.5 Å². The number of nitrogens with two attached hydrogens (primary N) is 1. The molecule has 0 spiro atoms. The fourth-order valence-electron chi connectivity index (χ4n) is 2.66. The molecule has 0 saturated heterocycles. The van der Waals surface area contributed by atoms with Gasteiger partial charge in [0.1, 0.15) is 0 Å². The van der Waals surface area contributed by atoms with Crippen molar-refractivity contribution in [2.45, 2.75) is 0 Å². The zero-order chi connectivity index (χ0) is 19.7. The van der Waals surface area contributed by atoms with Gasteiger partial charge in [0.2, 0.25) is 0 Å². The van der Waals surface area contributed by atoms with Crippen molar-refractivity contribution in [3.63, 3.8) is 0 Å². The molecule has 3 N–H and O–H groups in total. The van der Waals surface area contributed by atoms with Gasteiger partial charge in [0.25, 0.3) is 0 Å². The van der Waals surface area contributed by atoms with Gasteiger partial charge < -0.3 is 10.8 Å². The molecule has 0 aliphatic rings. The van der Waals surface area contributed by atoms with Crippen molar-refractivity contribution in [1.29, 1.82) is 0 Å². The van der Waals surface area contributed by atoms with Crippen molar-refractivity contribution in [3.8, 4) is 11.3 Å². The first-order valence-electron chi connectivity index (χ1n) is 8.17. The van der Waals surface area contributed by atoms with Crippen molar-refractivity contribution in [3.05, 3.63) is 71.4 Å². The third kappa shape index (κ3) is 3.28. The molecular formula is C19H13ClN6O2. The van der Waals surface area contributed by atoms with E-state index in [9.17, 15) is 4.79 Å². The molecule has 0 unspecified atom stereocenters. The number of rotatable bonds is 4. The van der Waals surface area contributed by atoms with Crippen LogP contribution in [0.1, 0.15) is 10.4 Å². The lowest BCUT2D eigenvalue weighted by molar-refractivity contribution is 0.0697.